The van der Waals surface area contributed by atoms with Crippen molar-refractivity contribution in [3.8, 4) is 0 Å². The Morgan fingerprint density at radius 1 is 1.52 bits per heavy atom. The molecule has 7 nitrogen and oxygen atoms in total. The topological polar surface area (TPSA) is 109 Å². The third kappa shape index (κ3) is 13.9. The van der Waals surface area contributed by atoms with Crippen LogP contribution in [0.5, 0.6) is 0 Å². The molecule has 0 aromatic rings. The third-order valence-electron chi connectivity index (χ3n) is 2.68. The first-order valence-electron chi connectivity index (χ1n) is 7.12. The normalized spacial score (nSPS) is 20.4. The summed E-state index contributed by atoms with van der Waals surface area (Å²) in [6.45, 7) is 7.89. The maximum atomic E-state index is 9.86. The molecule has 0 radical (unpaired) electrons. The second-order valence-corrected chi connectivity index (χ2v) is 7.72. The Morgan fingerprint density at radius 3 is 2.60 bits per heavy atom. The SMILES string of the molecule is C=C(N)N[C@@H]1C=CCCNC(=C)N[C@H]1CO.O=C(Cl)OCC(Cl)(Cl)Cl. The highest BCUT2D eigenvalue weighted by molar-refractivity contribution is 6.68. The van der Waals surface area contributed by atoms with Gasteiger partial charge in [-0.15, -0.1) is 0 Å². The van der Waals surface area contributed by atoms with E-state index in [-0.39, 0.29) is 25.3 Å². The summed E-state index contributed by atoms with van der Waals surface area (Å²) in [4.78, 5) is 9.86. The van der Waals surface area contributed by atoms with Crippen LogP contribution in [0.15, 0.2) is 37.0 Å². The summed E-state index contributed by atoms with van der Waals surface area (Å²) in [6.07, 6.45) is 4.91. The zero-order chi connectivity index (χ0) is 19.5. The second-order valence-electron chi connectivity index (χ2n) is 4.89. The summed E-state index contributed by atoms with van der Waals surface area (Å²) in [7, 11) is 0. The molecule has 0 bridgehead atoms. The molecule has 0 saturated carbocycles. The molecule has 11 heteroatoms. The van der Waals surface area contributed by atoms with Gasteiger partial charge in [-0.25, -0.2) is 4.79 Å². The van der Waals surface area contributed by atoms with Crippen molar-refractivity contribution in [3.63, 3.8) is 0 Å². The van der Waals surface area contributed by atoms with E-state index in [0.29, 0.717) is 11.6 Å². The fourth-order valence-electron chi connectivity index (χ4n) is 1.71. The summed E-state index contributed by atoms with van der Waals surface area (Å²) in [6, 6.07) is -0.284. The number of nitrogens with two attached hydrogens (primary N) is 1. The average molecular weight is 436 g/mol. The van der Waals surface area contributed by atoms with Gasteiger partial charge in [-0.1, -0.05) is 60.1 Å². The number of aliphatic hydroxyl groups excluding tert-OH is 1. The predicted molar refractivity (Wildman–Crippen MR) is 103 cm³/mol. The van der Waals surface area contributed by atoms with Gasteiger partial charge in [-0.2, -0.15) is 0 Å². The van der Waals surface area contributed by atoms with Gasteiger partial charge in [0.15, 0.2) is 0 Å². The van der Waals surface area contributed by atoms with Crippen LogP contribution in [-0.2, 0) is 4.74 Å². The quantitative estimate of drug-likeness (QED) is 0.261. The lowest BCUT2D eigenvalue weighted by molar-refractivity contribution is 0.176. The number of halogens is 4. The van der Waals surface area contributed by atoms with Crippen LogP contribution >= 0.6 is 46.4 Å². The number of rotatable bonds is 4. The van der Waals surface area contributed by atoms with Crippen molar-refractivity contribution < 1.29 is 14.6 Å². The van der Waals surface area contributed by atoms with E-state index in [2.05, 4.69) is 33.8 Å². The number of carbonyl (C=O) groups is 1. The van der Waals surface area contributed by atoms with E-state index in [0.717, 1.165) is 13.0 Å². The number of ether oxygens (including phenoxy) is 1. The maximum Gasteiger partial charge on any atom is 0.403 e. The zero-order valence-corrected chi connectivity index (χ0v) is 16.4. The third-order valence-corrected chi connectivity index (χ3v) is 3.12. The molecular formula is C14H22Cl4N4O3. The molecule has 1 heterocycles. The van der Waals surface area contributed by atoms with Crippen LogP contribution < -0.4 is 21.7 Å². The Balaban J connectivity index is 0.000000547. The van der Waals surface area contributed by atoms with Crippen LogP contribution in [0.1, 0.15) is 6.42 Å². The summed E-state index contributed by atoms with van der Waals surface area (Å²) in [5.74, 6) is 1.09. The lowest BCUT2D eigenvalue weighted by Gasteiger charge is -2.27. The highest BCUT2D eigenvalue weighted by Crippen LogP contribution is 2.26. The first kappa shape index (κ1) is 24.0. The molecule has 0 fully saturated rings. The molecule has 144 valence electrons. The lowest BCUT2D eigenvalue weighted by Crippen LogP contribution is -2.50. The predicted octanol–water partition coefficient (Wildman–Crippen LogP) is 2.08. The van der Waals surface area contributed by atoms with Crippen LogP contribution in [0.25, 0.3) is 0 Å². The number of alkyl halides is 3. The van der Waals surface area contributed by atoms with Crippen molar-refractivity contribution in [3.05, 3.63) is 37.0 Å². The van der Waals surface area contributed by atoms with E-state index in [1.165, 1.54) is 0 Å². The minimum Gasteiger partial charge on any atom is -0.449 e. The number of aliphatic hydroxyl groups is 1. The van der Waals surface area contributed by atoms with Gasteiger partial charge in [-0.3, -0.25) is 0 Å². The van der Waals surface area contributed by atoms with Crippen LogP contribution in [0.3, 0.4) is 0 Å². The molecule has 1 aliphatic rings. The number of hydrogen-bond donors (Lipinski definition) is 5. The molecule has 6 N–H and O–H groups in total. The Morgan fingerprint density at radius 2 is 2.16 bits per heavy atom. The van der Waals surface area contributed by atoms with Gasteiger partial charge in [0.25, 0.3) is 0 Å². The van der Waals surface area contributed by atoms with Gasteiger partial charge in [0, 0.05) is 18.1 Å². The summed E-state index contributed by atoms with van der Waals surface area (Å²) < 4.78 is 2.56. The van der Waals surface area contributed by atoms with Crippen LogP contribution in [0.4, 0.5) is 4.79 Å². The Kier molecular flexibility index (Phi) is 11.9. The molecule has 25 heavy (non-hydrogen) atoms. The van der Waals surface area contributed by atoms with Gasteiger partial charge in [0.05, 0.1) is 30.3 Å². The monoisotopic (exact) mass is 434 g/mol. The summed E-state index contributed by atoms with van der Waals surface area (Å²) in [5.41, 5.74) is 4.53. The van der Waals surface area contributed by atoms with Crippen LogP contribution in [0.2, 0.25) is 0 Å². The first-order valence-corrected chi connectivity index (χ1v) is 8.63. The molecule has 1 rings (SSSR count). The van der Waals surface area contributed by atoms with Gasteiger partial charge in [0.2, 0.25) is 3.79 Å². The van der Waals surface area contributed by atoms with Gasteiger partial charge >= 0.3 is 5.43 Å². The van der Waals surface area contributed by atoms with Crippen molar-refractivity contribution >= 4 is 51.8 Å². The van der Waals surface area contributed by atoms with E-state index in [1.807, 2.05) is 12.2 Å². The van der Waals surface area contributed by atoms with Gasteiger partial charge in [0.1, 0.15) is 6.61 Å². The minimum atomic E-state index is -1.58. The molecule has 0 aliphatic carbocycles. The highest BCUT2D eigenvalue weighted by atomic mass is 35.6. The van der Waals surface area contributed by atoms with Crippen molar-refractivity contribution in [2.24, 2.45) is 5.73 Å². The number of carbonyl (C=O) groups excluding carboxylic acids is 1. The molecule has 0 unspecified atom stereocenters. The summed E-state index contributed by atoms with van der Waals surface area (Å²) >= 11 is 20.3. The van der Waals surface area contributed by atoms with E-state index in [1.54, 1.807) is 0 Å². The molecular weight excluding hydrogens is 414 g/mol. The fraction of sp³-hybridized carbons (Fsp3) is 0.500. The van der Waals surface area contributed by atoms with Crippen molar-refractivity contribution in [2.75, 3.05) is 19.8 Å². The number of hydrogen-bond acceptors (Lipinski definition) is 7. The van der Waals surface area contributed by atoms with Crippen molar-refractivity contribution in [2.45, 2.75) is 22.3 Å². The molecule has 0 aromatic heterocycles. The van der Waals surface area contributed by atoms with E-state index >= 15 is 0 Å². The molecule has 0 aromatic carbocycles. The van der Waals surface area contributed by atoms with Crippen molar-refractivity contribution in [1.29, 1.82) is 0 Å². The smallest absolute Gasteiger partial charge is 0.403 e. The molecule has 2 atom stereocenters. The Hall–Kier alpha value is -0.990. The highest BCUT2D eigenvalue weighted by Gasteiger charge is 2.21. The van der Waals surface area contributed by atoms with E-state index < -0.39 is 9.22 Å². The molecule has 0 amide bonds. The minimum absolute atomic E-state index is 0.0179. The Bertz CT molecular complexity index is 483. The molecule has 0 saturated heterocycles. The average Bonchev–Trinajstić information content (AvgIpc) is 2.56. The Labute approximate surface area is 167 Å². The van der Waals surface area contributed by atoms with E-state index in [9.17, 15) is 9.90 Å². The maximum absolute atomic E-state index is 9.86. The zero-order valence-electron chi connectivity index (χ0n) is 13.4. The molecule has 0 spiro atoms. The van der Waals surface area contributed by atoms with Gasteiger partial charge in [-0.05, 0) is 6.42 Å². The largest absolute Gasteiger partial charge is 0.449 e. The standard InChI is InChI=1S/C11H20N4O.C3H2Cl4O2/c1-8(12)14-10-5-3-4-6-13-9(2)15-11(10)7-16;4-2(8)9-1-3(5,6)7/h3,5,10-11,13-16H,1-2,4,6-7,12H2;1H2/t10-,11+;/m1./s1. The van der Waals surface area contributed by atoms with Crippen LogP contribution in [0, 0.1) is 0 Å². The van der Waals surface area contributed by atoms with Crippen LogP contribution in [-0.4, -0.2) is 46.2 Å². The lowest BCUT2D eigenvalue weighted by atomic mass is 10.1. The molecule has 1 aliphatic heterocycles. The van der Waals surface area contributed by atoms with Crippen molar-refractivity contribution in [1.82, 2.24) is 16.0 Å². The fourth-order valence-corrected chi connectivity index (χ4v) is 1.93. The first-order chi connectivity index (χ1) is 11.5. The second kappa shape index (κ2) is 12.4. The summed E-state index contributed by atoms with van der Waals surface area (Å²) in [5, 5.41) is 18.5. The van der Waals surface area contributed by atoms with Gasteiger partial charge < -0.3 is 31.5 Å². The number of nitrogens with one attached hydrogen (secondary N) is 3. The van der Waals surface area contributed by atoms with E-state index in [4.69, 9.17) is 52.1 Å².